The minimum Gasteiger partial charge on any atom is -0.496 e. The zero-order valence-electron chi connectivity index (χ0n) is 17.6. The van der Waals surface area contributed by atoms with E-state index in [1.54, 1.807) is 36.4 Å². The van der Waals surface area contributed by atoms with Gasteiger partial charge in [0, 0.05) is 11.1 Å². The van der Waals surface area contributed by atoms with Crippen LogP contribution < -0.4 is 14.2 Å². The summed E-state index contributed by atoms with van der Waals surface area (Å²) in [7, 11) is 3.05. The Morgan fingerprint density at radius 1 is 0.897 bits per heavy atom. The quantitative estimate of drug-likeness (QED) is 0.426. The van der Waals surface area contributed by atoms with Crippen molar-refractivity contribution in [2.75, 3.05) is 20.8 Å². The first-order chi connectivity index (χ1) is 13.8. The van der Waals surface area contributed by atoms with E-state index in [-0.39, 0.29) is 12.4 Å². The summed E-state index contributed by atoms with van der Waals surface area (Å²) >= 11 is 0. The van der Waals surface area contributed by atoms with Crippen LogP contribution in [0.4, 0.5) is 0 Å². The average Bonchev–Trinajstić information content (AvgIpc) is 2.71. The molecule has 156 valence electrons. The van der Waals surface area contributed by atoms with Crippen molar-refractivity contribution in [1.29, 1.82) is 0 Å². The monoisotopic (exact) mass is 400 g/mol. The molecule has 0 N–H and O–H groups in total. The molecule has 2 aromatic carbocycles. The Balaban J connectivity index is 2.09. The van der Waals surface area contributed by atoms with E-state index in [0.29, 0.717) is 46.5 Å². The van der Waals surface area contributed by atoms with Crippen molar-refractivity contribution in [3.05, 3.63) is 53.1 Å². The second kappa shape index (κ2) is 10.5. The second-order valence-corrected chi connectivity index (χ2v) is 7.06. The van der Waals surface area contributed by atoms with Crippen molar-refractivity contribution >= 4 is 11.8 Å². The van der Waals surface area contributed by atoms with Crippen LogP contribution in [0.3, 0.4) is 0 Å². The Labute approximate surface area is 171 Å². The van der Waals surface area contributed by atoms with Crippen molar-refractivity contribution in [3.63, 3.8) is 0 Å². The lowest BCUT2D eigenvalue weighted by Gasteiger charge is -2.13. The summed E-state index contributed by atoms with van der Waals surface area (Å²) in [5.74, 6) is 1.56. The van der Waals surface area contributed by atoms with Gasteiger partial charge in [0.05, 0.1) is 26.4 Å². The minimum absolute atomic E-state index is 0.0158. The molecule has 0 amide bonds. The largest absolute Gasteiger partial charge is 0.496 e. The van der Waals surface area contributed by atoms with E-state index in [1.165, 1.54) is 21.1 Å². The fraction of sp³-hybridized carbons (Fsp3) is 0.391. The van der Waals surface area contributed by atoms with Crippen molar-refractivity contribution in [1.82, 2.24) is 0 Å². The van der Waals surface area contributed by atoms with Crippen molar-refractivity contribution in [3.8, 4) is 17.2 Å². The normalized spacial score (nSPS) is 10.6. The van der Waals surface area contributed by atoms with Crippen LogP contribution in [-0.2, 0) is 11.3 Å². The van der Waals surface area contributed by atoms with Gasteiger partial charge in [-0.1, -0.05) is 13.8 Å². The SMILES string of the molecule is COc1ccc(C(C)=O)cc1COC(=O)c1ccc(OCCC(C)C)c(OC)c1. The Bertz CT molecular complexity index is 856. The molecule has 0 radical (unpaired) electrons. The molecule has 0 aromatic heterocycles. The van der Waals surface area contributed by atoms with Crippen LogP contribution in [0.5, 0.6) is 17.2 Å². The average molecular weight is 400 g/mol. The number of hydrogen-bond donors (Lipinski definition) is 0. The molecule has 0 aliphatic rings. The molecular formula is C23H28O6. The third-order valence-corrected chi connectivity index (χ3v) is 4.40. The third kappa shape index (κ3) is 6.24. The molecule has 0 saturated carbocycles. The van der Waals surface area contributed by atoms with Crippen LogP contribution in [0.2, 0.25) is 0 Å². The number of rotatable bonds is 10. The first kappa shape index (κ1) is 22.3. The number of hydrogen-bond acceptors (Lipinski definition) is 6. The van der Waals surface area contributed by atoms with Gasteiger partial charge in [0.1, 0.15) is 12.4 Å². The van der Waals surface area contributed by atoms with Crippen LogP contribution >= 0.6 is 0 Å². The number of ketones is 1. The smallest absolute Gasteiger partial charge is 0.338 e. The van der Waals surface area contributed by atoms with Crippen molar-refractivity contribution < 1.29 is 28.5 Å². The number of benzene rings is 2. The van der Waals surface area contributed by atoms with E-state index in [4.69, 9.17) is 18.9 Å². The number of esters is 1. The van der Waals surface area contributed by atoms with E-state index in [2.05, 4.69) is 13.8 Å². The number of Topliss-reactive ketones (excluding diaryl/α,β-unsaturated/α-hetero) is 1. The van der Waals surface area contributed by atoms with Gasteiger partial charge in [0.25, 0.3) is 0 Å². The standard InChI is InChI=1S/C23H28O6/c1-15(2)10-11-28-21-9-7-18(13-22(21)27-5)23(25)29-14-19-12-17(16(3)24)6-8-20(19)26-4/h6-9,12-13,15H,10-11,14H2,1-5H3. The van der Waals surface area contributed by atoms with Crippen LogP contribution in [-0.4, -0.2) is 32.6 Å². The summed E-state index contributed by atoms with van der Waals surface area (Å²) < 4.78 is 21.8. The lowest BCUT2D eigenvalue weighted by atomic mass is 10.1. The molecule has 0 heterocycles. The van der Waals surface area contributed by atoms with Gasteiger partial charge in [-0.3, -0.25) is 4.79 Å². The molecule has 0 atom stereocenters. The predicted molar refractivity (Wildman–Crippen MR) is 110 cm³/mol. The Morgan fingerprint density at radius 2 is 1.55 bits per heavy atom. The Kier molecular flexibility index (Phi) is 8.07. The molecule has 6 nitrogen and oxygen atoms in total. The molecule has 0 aliphatic carbocycles. The molecule has 0 saturated heterocycles. The summed E-state index contributed by atoms with van der Waals surface area (Å²) in [6.07, 6.45) is 0.925. The maximum atomic E-state index is 12.5. The first-order valence-corrected chi connectivity index (χ1v) is 9.51. The number of methoxy groups -OCH3 is 2. The number of ether oxygens (including phenoxy) is 4. The van der Waals surface area contributed by atoms with Gasteiger partial charge in [-0.15, -0.1) is 0 Å². The van der Waals surface area contributed by atoms with E-state index in [0.717, 1.165) is 6.42 Å². The molecule has 0 aliphatic heterocycles. The van der Waals surface area contributed by atoms with E-state index in [1.807, 2.05) is 0 Å². The summed E-state index contributed by atoms with van der Waals surface area (Å²) in [5.41, 5.74) is 1.50. The summed E-state index contributed by atoms with van der Waals surface area (Å²) in [6.45, 7) is 6.29. The fourth-order valence-corrected chi connectivity index (χ4v) is 2.66. The third-order valence-electron chi connectivity index (χ3n) is 4.40. The van der Waals surface area contributed by atoms with Crippen LogP contribution in [0.1, 0.15) is 53.5 Å². The number of carbonyl (C=O) groups is 2. The highest BCUT2D eigenvalue weighted by Gasteiger charge is 2.15. The summed E-state index contributed by atoms with van der Waals surface area (Å²) in [4.78, 5) is 24.1. The van der Waals surface area contributed by atoms with Gasteiger partial charge in [-0.2, -0.15) is 0 Å². The molecule has 0 unspecified atom stereocenters. The molecule has 2 rings (SSSR count). The van der Waals surface area contributed by atoms with Gasteiger partial charge < -0.3 is 18.9 Å². The lowest BCUT2D eigenvalue weighted by Crippen LogP contribution is -2.08. The zero-order valence-corrected chi connectivity index (χ0v) is 17.6. The maximum absolute atomic E-state index is 12.5. The van der Waals surface area contributed by atoms with Crippen molar-refractivity contribution in [2.45, 2.75) is 33.8 Å². The molecule has 0 spiro atoms. The van der Waals surface area contributed by atoms with Gasteiger partial charge in [-0.25, -0.2) is 4.79 Å². The van der Waals surface area contributed by atoms with Crippen LogP contribution in [0.15, 0.2) is 36.4 Å². The highest BCUT2D eigenvalue weighted by atomic mass is 16.5. The molecule has 2 aromatic rings. The first-order valence-electron chi connectivity index (χ1n) is 9.51. The molecule has 0 bridgehead atoms. The van der Waals surface area contributed by atoms with E-state index >= 15 is 0 Å². The zero-order chi connectivity index (χ0) is 21.4. The molecular weight excluding hydrogens is 372 g/mol. The van der Waals surface area contributed by atoms with E-state index < -0.39 is 5.97 Å². The fourth-order valence-electron chi connectivity index (χ4n) is 2.66. The molecule has 6 heteroatoms. The topological polar surface area (TPSA) is 71.1 Å². The highest BCUT2D eigenvalue weighted by molar-refractivity contribution is 5.94. The maximum Gasteiger partial charge on any atom is 0.338 e. The summed E-state index contributed by atoms with van der Waals surface area (Å²) in [6, 6.07) is 9.96. The molecule has 0 fully saturated rings. The van der Waals surface area contributed by atoms with Crippen LogP contribution in [0, 0.1) is 5.92 Å². The van der Waals surface area contributed by atoms with E-state index in [9.17, 15) is 9.59 Å². The van der Waals surface area contributed by atoms with Crippen molar-refractivity contribution in [2.24, 2.45) is 5.92 Å². The van der Waals surface area contributed by atoms with Gasteiger partial charge in [0.2, 0.25) is 0 Å². The van der Waals surface area contributed by atoms with Gasteiger partial charge in [-0.05, 0) is 55.7 Å². The Hall–Kier alpha value is -3.02. The number of carbonyl (C=O) groups excluding carboxylic acids is 2. The highest BCUT2D eigenvalue weighted by Crippen LogP contribution is 2.29. The summed E-state index contributed by atoms with van der Waals surface area (Å²) in [5, 5.41) is 0. The van der Waals surface area contributed by atoms with Crippen LogP contribution in [0.25, 0.3) is 0 Å². The Morgan fingerprint density at radius 3 is 2.17 bits per heavy atom. The minimum atomic E-state index is -0.507. The lowest BCUT2D eigenvalue weighted by molar-refractivity contribution is 0.0469. The van der Waals surface area contributed by atoms with Gasteiger partial charge >= 0.3 is 5.97 Å². The second-order valence-electron chi connectivity index (χ2n) is 7.06. The predicted octanol–water partition coefficient (Wildman–Crippen LogP) is 4.69. The van der Waals surface area contributed by atoms with Gasteiger partial charge in [0.15, 0.2) is 17.3 Å². The molecule has 29 heavy (non-hydrogen) atoms.